The van der Waals surface area contributed by atoms with Crippen LogP contribution in [-0.4, -0.2) is 78.6 Å². The van der Waals surface area contributed by atoms with Crippen molar-refractivity contribution in [3.63, 3.8) is 0 Å². The molecule has 12 heteroatoms. The van der Waals surface area contributed by atoms with Crippen LogP contribution in [0, 0.1) is 5.92 Å². The Kier molecular flexibility index (Phi) is 9.03. The molecule has 0 saturated carbocycles. The van der Waals surface area contributed by atoms with Crippen LogP contribution in [0.3, 0.4) is 0 Å². The number of benzene rings is 4. The molecule has 3 atom stereocenters. The molecule has 0 unspecified atom stereocenters. The lowest BCUT2D eigenvalue weighted by atomic mass is 9.99. The molecule has 0 aromatic heterocycles. The van der Waals surface area contributed by atoms with Gasteiger partial charge in [0.2, 0.25) is 6.79 Å². The van der Waals surface area contributed by atoms with E-state index in [1.54, 1.807) is 60.2 Å². The molecular weight excluding hydrogens is 602 g/mol. The molecule has 0 radical (unpaired) electrons. The number of nitrogens with zero attached hydrogens (tertiary/aromatic N) is 2. The number of ether oxygens (including phenoxy) is 3. The summed E-state index contributed by atoms with van der Waals surface area (Å²) < 4.78 is 17.1. The van der Waals surface area contributed by atoms with Crippen molar-refractivity contribution in [1.82, 2.24) is 9.80 Å². The molecule has 2 aliphatic heterocycles. The second kappa shape index (κ2) is 13.5. The molecule has 2 aliphatic rings. The number of hydrogen-bond donors (Lipinski definition) is 4. The van der Waals surface area contributed by atoms with Crippen LogP contribution in [0.2, 0.25) is 0 Å². The van der Waals surface area contributed by atoms with Gasteiger partial charge in [-0.25, -0.2) is 9.59 Å². The average molecular weight is 640 g/mol. The van der Waals surface area contributed by atoms with E-state index >= 15 is 0 Å². The first-order valence-corrected chi connectivity index (χ1v) is 15.4. The summed E-state index contributed by atoms with van der Waals surface area (Å²) >= 11 is 0. The highest BCUT2D eigenvalue weighted by atomic mass is 16.7. The van der Waals surface area contributed by atoms with Crippen LogP contribution >= 0.6 is 0 Å². The number of carbonyl (C=O) groups is 3. The predicted molar refractivity (Wildman–Crippen MR) is 178 cm³/mol. The van der Waals surface area contributed by atoms with Gasteiger partial charge in [0.15, 0.2) is 11.5 Å². The van der Waals surface area contributed by atoms with E-state index in [0.29, 0.717) is 34.3 Å². The predicted octanol–water partition coefficient (Wildman–Crippen LogP) is 5.60. The molecule has 244 valence electrons. The SMILES string of the molecule is C[C@H](CO)N1C[C@H](C)[C@@H](CN(C)C(=O)Nc2cccc3ccccc23)Oc2ccc(NC(=O)Nc3ccc4c(c3)OCO4)cc2C1=O. The van der Waals surface area contributed by atoms with Gasteiger partial charge in [-0.1, -0.05) is 43.3 Å². The molecule has 0 bridgehead atoms. The zero-order chi connectivity index (χ0) is 33.1. The maximum Gasteiger partial charge on any atom is 0.323 e. The van der Waals surface area contributed by atoms with Gasteiger partial charge in [-0.05, 0) is 48.7 Å². The quantitative estimate of drug-likeness (QED) is 0.206. The van der Waals surface area contributed by atoms with Gasteiger partial charge in [-0.3, -0.25) is 4.79 Å². The van der Waals surface area contributed by atoms with Gasteiger partial charge < -0.3 is 45.1 Å². The van der Waals surface area contributed by atoms with Crippen molar-refractivity contribution >= 4 is 45.8 Å². The molecule has 4 aromatic carbocycles. The fourth-order valence-corrected chi connectivity index (χ4v) is 5.68. The first kappa shape index (κ1) is 31.5. The summed E-state index contributed by atoms with van der Waals surface area (Å²) in [6.45, 7) is 4.12. The van der Waals surface area contributed by atoms with E-state index in [-0.39, 0.29) is 49.9 Å². The Hall–Kier alpha value is -5.49. The molecule has 4 aromatic rings. The van der Waals surface area contributed by atoms with Gasteiger partial charge in [-0.15, -0.1) is 0 Å². The second-order valence-electron chi connectivity index (χ2n) is 11.8. The third kappa shape index (κ3) is 6.87. The van der Waals surface area contributed by atoms with E-state index in [1.807, 2.05) is 49.4 Å². The standard InChI is InChI=1S/C35H37N5O7/c1-21-17-40(22(2)19-41)33(42)27-15-24(36-34(43)37-25-12-14-30-31(16-25)46-20-45-30)11-13-29(27)47-32(21)18-39(3)35(44)38-28-10-6-8-23-7-4-5-9-26(23)28/h4-16,21-22,32,41H,17-20H2,1-3H3,(H,38,44)(H2,36,37,43)/t21-,22+,32+/m0/s1. The molecule has 6 rings (SSSR count). The zero-order valence-corrected chi connectivity index (χ0v) is 26.4. The van der Waals surface area contributed by atoms with Crippen molar-refractivity contribution in [3.05, 3.63) is 84.4 Å². The Labute approximate surface area is 272 Å². The smallest absolute Gasteiger partial charge is 0.323 e. The van der Waals surface area contributed by atoms with Gasteiger partial charge in [0, 0.05) is 42.3 Å². The molecule has 0 fully saturated rings. The van der Waals surface area contributed by atoms with Crippen LogP contribution in [0.1, 0.15) is 24.2 Å². The van der Waals surface area contributed by atoms with Crippen molar-refractivity contribution in [3.8, 4) is 17.2 Å². The topological polar surface area (TPSA) is 142 Å². The van der Waals surface area contributed by atoms with Crippen molar-refractivity contribution in [2.45, 2.75) is 26.0 Å². The van der Waals surface area contributed by atoms with Gasteiger partial charge >= 0.3 is 12.1 Å². The third-order valence-corrected chi connectivity index (χ3v) is 8.38. The Morgan fingerprint density at radius 2 is 1.64 bits per heavy atom. The Morgan fingerprint density at radius 1 is 0.936 bits per heavy atom. The van der Waals surface area contributed by atoms with E-state index in [9.17, 15) is 19.5 Å². The number of nitrogens with one attached hydrogen (secondary N) is 3. The van der Waals surface area contributed by atoms with Crippen LogP contribution in [0.4, 0.5) is 26.7 Å². The number of aliphatic hydroxyl groups is 1. The minimum absolute atomic E-state index is 0.121. The summed E-state index contributed by atoms with van der Waals surface area (Å²) in [6, 6.07) is 22.2. The third-order valence-electron chi connectivity index (χ3n) is 8.38. The molecule has 0 aliphatic carbocycles. The summed E-state index contributed by atoms with van der Waals surface area (Å²) in [5.41, 5.74) is 1.80. The lowest BCUT2D eigenvalue weighted by molar-refractivity contribution is 0.0371. The van der Waals surface area contributed by atoms with E-state index in [4.69, 9.17) is 14.2 Å². The number of aliphatic hydroxyl groups excluding tert-OH is 1. The molecule has 4 N–H and O–H groups in total. The summed E-state index contributed by atoms with van der Waals surface area (Å²) in [6.07, 6.45) is -0.494. The normalized spacial score (nSPS) is 17.5. The Balaban J connectivity index is 1.20. The van der Waals surface area contributed by atoms with E-state index in [1.165, 1.54) is 0 Å². The number of likely N-dealkylation sites (N-methyl/N-ethyl adjacent to an activating group) is 1. The van der Waals surface area contributed by atoms with Crippen molar-refractivity contribution in [2.24, 2.45) is 5.92 Å². The van der Waals surface area contributed by atoms with Crippen molar-refractivity contribution in [1.29, 1.82) is 0 Å². The van der Waals surface area contributed by atoms with E-state index in [0.717, 1.165) is 10.8 Å². The highest BCUT2D eigenvalue weighted by Crippen LogP contribution is 2.35. The lowest BCUT2D eigenvalue weighted by Gasteiger charge is -2.38. The largest absolute Gasteiger partial charge is 0.487 e. The number of amides is 5. The molecule has 2 heterocycles. The molecule has 47 heavy (non-hydrogen) atoms. The highest BCUT2D eigenvalue weighted by Gasteiger charge is 2.34. The van der Waals surface area contributed by atoms with Crippen LogP contribution in [-0.2, 0) is 0 Å². The van der Waals surface area contributed by atoms with E-state index < -0.39 is 18.2 Å². The monoisotopic (exact) mass is 639 g/mol. The van der Waals surface area contributed by atoms with Crippen LogP contribution < -0.4 is 30.2 Å². The summed E-state index contributed by atoms with van der Waals surface area (Å²) in [5, 5.41) is 20.5. The number of carbonyl (C=O) groups excluding carboxylic acids is 3. The maximum absolute atomic E-state index is 13.8. The summed E-state index contributed by atoms with van der Waals surface area (Å²) in [5.74, 6) is 0.909. The number of anilines is 3. The number of rotatable bonds is 7. The second-order valence-corrected chi connectivity index (χ2v) is 11.8. The molecule has 0 saturated heterocycles. The van der Waals surface area contributed by atoms with Crippen LogP contribution in [0.5, 0.6) is 17.2 Å². The fraction of sp³-hybridized carbons (Fsp3) is 0.286. The molecular formula is C35H37N5O7. The zero-order valence-electron chi connectivity index (χ0n) is 26.4. The number of hydrogen-bond acceptors (Lipinski definition) is 7. The lowest BCUT2D eigenvalue weighted by Crippen LogP contribution is -2.50. The minimum Gasteiger partial charge on any atom is -0.487 e. The summed E-state index contributed by atoms with van der Waals surface area (Å²) in [4.78, 5) is 43.2. The molecule has 12 nitrogen and oxygen atoms in total. The number of fused-ring (bicyclic) bond motifs is 3. The van der Waals surface area contributed by atoms with E-state index in [2.05, 4.69) is 16.0 Å². The van der Waals surface area contributed by atoms with Crippen LogP contribution in [0.25, 0.3) is 10.8 Å². The molecule has 0 spiro atoms. The molecule has 5 amide bonds. The minimum atomic E-state index is -0.520. The summed E-state index contributed by atoms with van der Waals surface area (Å²) in [7, 11) is 1.70. The Morgan fingerprint density at radius 3 is 2.43 bits per heavy atom. The van der Waals surface area contributed by atoms with Gasteiger partial charge in [-0.2, -0.15) is 0 Å². The highest BCUT2D eigenvalue weighted by molar-refractivity contribution is 6.03. The fourth-order valence-electron chi connectivity index (χ4n) is 5.68. The van der Waals surface area contributed by atoms with Crippen molar-refractivity contribution < 1.29 is 33.7 Å². The number of urea groups is 2. The Bertz CT molecular complexity index is 1810. The van der Waals surface area contributed by atoms with Crippen LogP contribution in [0.15, 0.2) is 78.9 Å². The van der Waals surface area contributed by atoms with Gasteiger partial charge in [0.1, 0.15) is 11.9 Å². The first-order valence-electron chi connectivity index (χ1n) is 15.4. The van der Waals surface area contributed by atoms with Crippen molar-refractivity contribution in [2.75, 3.05) is 49.5 Å². The average Bonchev–Trinajstić information content (AvgIpc) is 3.54. The maximum atomic E-state index is 13.8. The first-order chi connectivity index (χ1) is 22.7. The van der Waals surface area contributed by atoms with Gasteiger partial charge in [0.05, 0.1) is 30.4 Å². The van der Waals surface area contributed by atoms with Gasteiger partial charge in [0.25, 0.3) is 5.91 Å².